The van der Waals surface area contributed by atoms with Crippen molar-refractivity contribution < 1.29 is 9.53 Å². The molecule has 18 heavy (non-hydrogen) atoms. The summed E-state index contributed by atoms with van der Waals surface area (Å²) in [4.78, 5) is 11.2. The van der Waals surface area contributed by atoms with E-state index in [4.69, 9.17) is 10.00 Å². The van der Waals surface area contributed by atoms with E-state index in [1.165, 1.54) is 18.7 Å². The van der Waals surface area contributed by atoms with Crippen LogP contribution in [0.5, 0.6) is 5.88 Å². The summed E-state index contributed by atoms with van der Waals surface area (Å²) in [5.74, 6) is 0.480. The molecule has 0 aliphatic rings. The van der Waals surface area contributed by atoms with Gasteiger partial charge in [0.2, 0.25) is 5.88 Å². The van der Waals surface area contributed by atoms with E-state index in [1.54, 1.807) is 30.3 Å². The molecular formula is C13H11N3O2. The molecule has 0 fully saturated rings. The van der Waals surface area contributed by atoms with Gasteiger partial charge >= 0.3 is 0 Å². The van der Waals surface area contributed by atoms with Gasteiger partial charge < -0.3 is 4.74 Å². The van der Waals surface area contributed by atoms with Crippen molar-refractivity contribution in [2.24, 2.45) is 0 Å². The van der Waals surface area contributed by atoms with Crippen LogP contribution in [0.25, 0.3) is 5.69 Å². The number of rotatable bonds is 3. The fourth-order valence-corrected chi connectivity index (χ4v) is 1.59. The third kappa shape index (κ3) is 2.09. The zero-order valence-corrected chi connectivity index (χ0v) is 10.0. The zero-order valence-electron chi connectivity index (χ0n) is 10.0. The van der Waals surface area contributed by atoms with E-state index in [0.717, 1.165) is 5.69 Å². The van der Waals surface area contributed by atoms with Gasteiger partial charge in [-0.25, -0.2) is 0 Å². The van der Waals surface area contributed by atoms with E-state index in [1.807, 2.05) is 6.07 Å². The summed E-state index contributed by atoms with van der Waals surface area (Å²) < 4.78 is 6.66. The second-order valence-electron chi connectivity index (χ2n) is 3.70. The molecular weight excluding hydrogens is 230 g/mol. The summed E-state index contributed by atoms with van der Waals surface area (Å²) in [6.07, 6.45) is 0. The van der Waals surface area contributed by atoms with Gasteiger partial charge in [0.15, 0.2) is 11.5 Å². The molecule has 1 heterocycles. The summed E-state index contributed by atoms with van der Waals surface area (Å²) >= 11 is 0. The van der Waals surface area contributed by atoms with Crippen molar-refractivity contribution in [1.82, 2.24) is 9.78 Å². The molecule has 90 valence electrons. The lowest BCUT2D eigenvalue weighted by Gasteiger charge is -2.06. The second-order valence-corrected chi connectivity index (χ2v) is 3.70. The lowest BCUT2D eigenvalue weighted by Crippen LogP contribution is -2.01. The third-order valence-electron chi connectivity index (χ3n) is 2.52. The van der Waals surface area contributed by atoms with E-state index < -0.39 is 0 Å². The number of methoxy groups -OCH3 is 1. The Hall–Kier alpha value is -2.61. The minimum Gasteiger partial charge on any atom is -0.481 e. The summed E-state index contributed by atoms with van der Waals surface area (Å²) in [6, 6.07) is 10.5. The lowest BCUT2D eigenvalue weighted by molar-refractivity contribution is 0.101. The maximum Gasteiger partial charge on any atom is 0.217 e. The Morgan fingerprint density at radius 2 is 2.06 bits per heavy atom. The first kappa shape index (κ1) is 11.9. The van der Waals surface area contributed by atoms with Crippen molar-refractivity contribution in [2.75, 3.05) is 7.11 Å². The van der Waals surface area contributed by atoms with Gasteiger partial charge in [0.05, 0.1) is 12.8 Å². The highest BCUT2D eigenvalue weighted by Crippen LogP contribution is 2.19. The van der Waals surface area contributed by atoms with E-state index in [0.29, 0.717) is 11.4 Å². The number of ketones is 1. The summed E-state index contributed by atoms with van der Waals surface area (Å²) in [5, 5.41) is 12.9. The number of nitrogens with zero attached hydrogens (tertiary/aromatic N) is 3. The molecule has 0 atom stereocenters. The van der Waals surface area contributed by atoms with E-state index in [9.17, 15) is 4.79 Å². The smallest absolute Gasteiger partial charge is 0.217 e. The predicted octanol–water partition coefficient (Wildman–Crippen LogP) is 1.96. The maximum absolute atomic E-state index is 11.2. The molecule has 0 amide bonds. The number of benzene rings is 1. The Morgan fingerprint density at radius 3 is 2.56 bits per heavy atom. The molecule has 0 aliphatic carbocycles. The highest BCUT2D eigenvalue weighted by Gasteiger charge is 2.10. The van der Waals surface area contributed by atoms with Gasteiger partial charge in [-0.05, 0) is 31.2 Å². The largest absolute Gasteiger partial charge is 0.481 e. The van der Waals surface area contributed by atoms with Gasteiger partial charge in [-0.3, -0.25) is 4.79 Å². The number of carbonyl (C=O) groups excluding carboxylic acids is 1. The van der Waals surface area contributed by atoms with Gasteiger partial charge in [0.1, 0.15) is 6.07 Å². The van der Waals surface area contributed by atoms with Gasteiger partial charge in [0, 0.05) is 11.6 Å². The minimum atomic E-state index is 0.00620. The molecule has 0 saturated carbocycles. The predicted molar refractivity (Wildman–Crippen MR) is 64.8 cm³/mol. The minimum absolute atomic E-state index is 0.00620. The first-order valence-electron chi connectivity index (χ1n) is 5.31. The maximum atomic E-state index is 11.2. The van der Waals surface area contributed by atoms with Crippen LogP contribution in [0, 0.1) is 11.3 Å². The molecule has 5 heteroatoms. The Kier molecular flexibility index (Phi) is 3.11. The zero-order chi connectivity index (χ0) is 13.1. The quantitative estimate of drug-likeness (QED) is 0.770. The molecule has 0 aliphatic heterocycles. The van der Waals surface area contributed by atoms with Gasteiger partial charge in [0.25, 0.3) is 0 Å². The van der Waals surface area contributed by atoms with Crippen molar-refractivity contribution >= 4 is 5.78 Å². The van der Waals surface area contributed by atoms with Crippen molar-refractivity contribution in [1.29, 1.82) is 5.26 Å². The monoisotopic (exact) mass is 241 g/mol. The van der Waals surface area contributed by atoms with Crippen LogP contribution in [0.4, 0.5) is 0 Å². The summed E-state index contributed by atoms with van der Waals surface area (Å²) in [6.45, 7) is 1.51. The molecule has 0 radical (unpaired) electrons. The van der Waals surface area contributed by atoms with Crippen LogP contribution in [-0.4, -0.2) is 22.7 Å². The molecule has 5 nitrogen and oxygen atoms in total. The Labute approximate surface area is 104 Å². The number of hydrogen-bond acceptors (Lipinski definition) is 4. The highest BCUT2D eigenvalue weighted by atomic mass is 16.5. The molecule has 0 saturated heterocycles. The molecule has 2 rings (SSSR count). The van der Waals surface area contributed by atoms with Crippen LogP contribution in [0.15, 0.2) is 30.3 Å². The van der Waals surface area contributed by atoms with E-state index >= 15 is 0 Å². The van der Waals surface area contributed by atoms with Crippen molar-refractivity contribution in [3.63, 3.8) is 0 Å². The Balaban J connectivity index is 2.45. The molecule has 0 unspecified atom stereocenters. The van der Waals surface area contributed by atoms with Crippen LogP contribution in [0.3, 0.4) is 0 Å². The van der Waals surface area contributed by atoms with Crippen LogP contribution in [0.1, 0.15) is 23.0 Å². The number of nitriles is 1. The number of hydrogen-bond donors (Lipinski definition) is 0. The van der Waals surface area contributed by atoms with Crippen molar-refractivity contribution in [2.45, 2.75) is 6.92 Å². The average molecular weight is 241 g/mol. The summed E-state index contributed by atoms with van der Waals surface area (Å²) in [7, 11) is 1.51. The van der Waals surface area contributed by atoms with Crippen LogP contribution < -0.4 is 4.74 Å². The second kappa shape index (κ2) is 4.72. The molecule has 1 aromatic carbocycles. The molecule has 0 N–H and O–H groups in total. The molecule has 1 aromatic heterocycles. The number of carbonyl (C=O) groups is 1. The van der Waals surface area contributed by atoms with Crippen molar-refractivity contribution in [3.05, 3.63) is 41.6 Å². The number of ether oxygens (including phenoxy) is 1. The van der Waals surface area contributed by atoms with Crippen LogP contribution >= 0.6 is 0 Å². The fourth-order valence-electron chi connectivity index (χ4n) is 1.59. The first-order valence-corrected chi connectivity index (χ1v) is 5.31. The molecule has 0 spiro atoms. The topological polar surface area (TPSA) is 67.9 Å². The first-order chi connectivity index (χ1) is 8.65. The Morgan fingerprint density at radius 1 is 1.39 bits per heavy atom. The van der Waals surface area contributed by atoms with E-state index in [-0.39, 0.29) is 11.5 Å². The summed E-state index contributed by atoms with van der Waals surface area (Å²) in [5.41, 5.74) is 1.64. The number of Topliss-reactive ketones (excluding diaryl/α,β-unsaturated/α-hetero) is 1. The third-order valence-corrected chi connectivity index (χ3v) is 2.52. The van der Waals surface area contributed by atoms with Crippen LogP contribution in [-0.2, 0) is 0 Å². The SMILES string of the molecule is COc1cc(C#N)nn1-c1ccc(C(C)=O)cc1. The molecule has 0 bridgehead atoms. The van der Waals surface area contributed by atoms with Gasteiger partial charge in [-0.2, -0.15) is 15.0 Å². The molecule has 2 aromatic rings. The Bertz CT molecular complexity index is 621. The average Bonchev–Trinajstić information content (AvgIpc) is 2.82. The van der Waals surface area contributed by atoms with Crippen LogP contribution in [0.2, 0.25) is 0 Å². The van der Waals surface area contributed by atoms with Gasteiger partial charge in [-0.15, -0.1) is 0 Å². The lowest BCUT2D eigenvalue weighted by atomic mass is 10.1. The van der Waals surface area contributed by atoms with Crippen molar-refractivity contribution in [3.8, 4) is 17.6 Å². The standard InChI is InChI=1S/C13H11N3O2/c1-9(17)10-3-5-12(6-4-10)16-13(18-2)7-11(8-14)15-16/h3-7H,1-2H3. The van der Waals surface area contributed by atoms with E-state index in [2.05, 4.69) is 5.10 Å². The number of aromatic nitrogens is 2. The normalized spacial score (nSPS) is 9.83. The highest BCUT2D eigenvalue weighted by molar-refractivity contribution is 5.94. The van der Waals surface area contributed by atoms with Gasteiger partial charge in [-0.1, -0.05) is 0 Å². The fraction of sp³-hybridized carbons (Fsp3) is 0.154.